The second-order valence-electron chi connectivity index (χ2n) is 8.65. The highest BCUT2D eigenvalue weighted by atomic mass is 16.5. The molecule has 1 aromatic rings. The maximum Gasteiger partial charge on any atom is 0.256 e. The van der Waals surface area contributed by atoms with Gasteiger partial charge in [0, 0.05) is 12.7 Å². The molecule has 0 heterocycles. The van der Waals surface area contributed by atoms with Crippen LogP contribution in [0.4, 0.5) is 5.69 Å². The van der Waals surface area contributed by atoms with E-state index in [2.05, 4.69) is 39.1 Å². The van der Waals surface area contributed by atoms with Crippen molar-refractivity contribution < 1.29 is 14.3 Å². The van der Waals surface area contributed by atoms with Crippen LogP contribution in [0.5, 0.6) is 5.75 Å². The van der Waals surface area contributed by atoms with E-state index in [1.807, 2.05) is 20.8 Å². The fourth-order valence-electron chi connectivity index (χ4n) is 3.42. The number of nitrogens with zero attached hydrogens (tertiary/aromatic N) is 1. The Balaban J connectivity index is 3.18. The van der Waals surface area contributed by atoms with Crippen LogP contribution >= 0.6 is 0 Å². The van der Waals surface area contributed by atoms with Gasteiger partial charge in [0.2, 0.25) is 0 Å². The van der Waals surface area contributed by atoms with Gasteiger partial charge in [-0.1, -0.05) is 41.5 Å². The van der Waals surface area contributed by atoms with Crippen LogP contribution in [0, 0.1) is 23.2 Å². The minimum Gasteiger partial charge on any atom is -0.491 e. The molecule has 162 valence electrons. The molecule has 0 aliphatic carbocycles. The van der Waals surface area contributed by atoms with Gasteiger partial charge in [0.15, 0.2) is 0 Å². The van der Waals surface area contributed by atoms with Crippen LogP contribution in [-0.2, 0) is 9.53 Å². The maximum absolute atomic E-state index is 13.4. The van der Waals surface area contributed by atoms with Crippen LogP contribution in [0.2, 0.25) is 0 Å². The number of ether oxygens (including phenoxy) is 2. The molecule has 1 amide bonds. The quantitative estimate of drug-likeness (QED) is 0.470. The summed E-state index contributed by atoms with van der Waals surface area (Å²) in [5, 5.41) is 12.6. The van der Waals surface area contributed by atoms with Gasteiger partial charge in [-0.25, -0.2) is 0 Å². The van der Waals surface area contributed by atoms with Crippen molar-refractivity contribution >= 4 is 11.6 Å². The summed E-state index contributed by atoms with van der Waals surface area (Å²) in [5.41, 5.74) is -0.0274. The predicted molar refractivity (Wildman–Crippen MR) is 118 cm³/mol. The third-order valence-electron chi connectivity index (χ3n) is 4.74. The summed E-state index contributed by atoms with van der Waals surface area (Å²) in [6.45, 7) is 15.0. The molecule has 0 aromatic heterocycles. The lowest BCUT2D eigenvalue weighted by Gasteiger charge is -2.35. The van der Waals surface area contributed by atoms with E-state index < -0.39 is 5.60 Å². The SMILES string of the molecule is CCCOC(CC(C)C)(CC(C)C)C(=O)Nc1ccc(OC(C)CC)cc1C#N. The highest BCUT2D eigenvalue weighted by Gasteiger charge is 2.40. The maximum atomic E-state index is 13.4. The Hall–Kier alpha value is -2.06. The second kappa shape index (κ2) is 11.8. The van der Waals surface area contributed by atoms with E-state index in [0.29, 0.717) is 48.3 Å². The van der Waals surface area contributed by atoms with Crippen molar-refractivity contribution in [2.24, 2.45) is 11.8 Å². The van der Waals surface area contributed by atoms with Crippen molar-refractivity contribution in [2.75, 3.05) is 11.9 Å². The molecule has 0 spiro atoms. The Labute approximate surface area is 176 Å². The van der Waals surface area contributed by atoms with Crippen molar-refractivity contribution in [1.29, 1.82) is 5.26 Å². The number of hydrogen-bond donors (Lipinski definition) is 1. The van der Waals surface area contributed by atoms with E-state index in [1.54, 1.807) is 18.2 Å². The predicted octanol–water partition coefficient (Wildman–Crippen LogP) is 5.93. The van der Waals surface area contributed by atoms with E-state index in [-0.39, 0.29) is 12.0 Å². The van der Waals surface area contributed by atoms with Crippen LogP contribution in [0.25, 0.3) is 0 Å². The Morgan fingerprint density at radius 1 is 1.14 bits per heavy atom. The fourth-order valence-corrected chi connectivity index (χ4v) is 3.42. The Kier molecular flexibility index (Phi) is 10.2. The molecule has 0 radical (unpaired) electrons. The summed E-state index contributed by atoms with van der Waals surface area (Å²) >= 11 is 0. The summed E-state index contributed by atoms with van der Waals surface area (Å²) in [7, 11) is 0. The zero-order chi connectivity index (χ0) is 22.0. The van der Waals surface area contributed by atoms with Gasteiger partial charge in [-0.15, -0.1) is 0 Å². The summed E-state index contributed by atoms with van der Waals surface area (Å²) in [6, 6.07) is 7.39. The van der Waals surface area contributed by atoms with Crippen LogP contribution in [0.1, 0.15) is 79.7 Å². The molecule has 0 aliphatic heterocycles. The van der Waals surface area contributed by atoms with Gasteiger partial charge in [0.1, 0.15) is 17.4 Å². The monoisotopic (exact) mass is 402 g/mol. The van der Waals surface area contributed by atoms with Crippen molar-refractivity contribution in [1.82, 2.24) is 0 Å². The molecule has 5 nitrogen and oxygen atoms in total. The molecule has 0 aliphatic rings. The average Bonchev–Trinajstić information content (AvgIpc) is 2.66. The number of rotatable bonds is 12. The molecule has 5 heteroatoms. The van der Waals surface area contributed by atoms with Crippen LogP contribution in [-0.4, -0.2) is 24.2 Å². The number of amides is 1. The molecule has 0 saturated carbocycles. The van der Waals surface area contributed by atoms with Gasteiger partial charge < -0.3 is 14.8 Å². The first-order valence-electron chi connectivity index (χ1n) is 10.8. The highest BCUT2D eigenvalue weighted by Crippen LogP contribution is 2.32. The lowest BCUT2D eigenvalue weighted by atomic mass is 9.83. The number of carbonyl (C=O) groups is 1. The van der Waals surface area contributed by atoms with E-state index >= 15 is 0 Å². The van der Waals surface area contributed by atoms with Gasteiger partial charge in [0.25, 0.3) is 5.91 Å². The van der Waals surface area contributed by atoms with E-state index in [0.717, 1.165) is 12.8 Å². The Bertz CT molecular complexity index is 682. The first-order chi connectivity index (χ1) is 13.7. The van der Waals surface area contributed by atoms with E-state index in [9.17, 15) is 10.1 Å². The first-order valence-corrected chi connectivity index (χ1v) is 10.8. The van der Waals surface area contributed by atoms with Crippen molar-refractivity contribution in [3.63, 3.8) is 0 Å². The van der Waals surface area contributed by atoms with Crippen LogP contribution < -0.4 is 10.1 Å². The molecule has 0 saturated heterocycles. The van der Waals surface area contributed by atoms with Gasteiger partial charge in [-0.05, 0) is 56.6 Å². The number of benzene rings is 1. The molecule has 0 fully saturated rings. The van der Waals surface area contributed by atoms with Gasteiger partial charge in [-0.2, -0.15) is 5.26 Å². The molecule has 1 rings (SSSR count). The fraction of sp³-hybridized carbons (Fsp3) is 0.667. The Morgan fingerprint density at radius 2 is 1.76 bits per heavy atom. The zero-order valence-corrected chi connectivity index (χ0v) is 19.2. The molecular weight excluding hydrogens is 364 g/mol. The van der Waals surface area contributed by atoms with Crippen LogP contribution in [0.15, 0.2) is 18.2 Å². The lowest BCUT2D eigenvalue weighted by Crippen LogP contribution is -2.48. The number of hydrogen-bond acceptors (Lipinski definition) is 4. The minimum atomic E-state index is -0.906. The van der Waals surface area contributed by atoms with Crippen LogP contribution in [0.3, 0.4) is 0 Å². The number of nitrogens with one attached hydrogen (secondary N) is 1. The summed E-state index contributed by atoms with van der Waals surface area (Å²) in [4.78, 5) is 13.4. The standard InChI is InChI=1S/C24H38N2O3/c1-8-12-28-24(14-17(3)4,15-18(5)6)23(27)26-22-11-10-21(13-20(22)16-25)29-19(7)9-2/h10-11,13,17-19H,8-9,12,14-15H2,1-7H3,(H,26,27). The van der Waals surface area contributed by atoms with E-state index in [1.165, 1.54) is 0 Å². The smallest absolute Gasteiger partial charge is 0.256 e. The molecule has 1 N–H and O–H groups in total. The summed E-state index contributed by atoms with van der Waals surface area (Å²) in [6.07, 6.45) is 3.05. The molecule has 0 bridgehead atoms. The molecular formula is C24H38N2O3. The van der Waals surface area contributed by atoms with Gasteiger partial charge in [-0.3, -0.25) is 4.79 Å². The number of anilines is 1. The van der Waals surface area contributed by atoms with Crippen molar-refractivity contribution in [3.8, 4) is 11.8 Å². The Morgan fingerprint density at radius 3 is 2.24 bits per heavy atom. The second-order valence-corrected chi connectivity index (χ2v) is 8.65. The molecule has 1 atom stereocenters. The van der Waals surface area contributed by atoms with E-state index in [4.69, 9.17) is 9.47 Å². The number of nitriles is 1. The minimum absolute atomic E-state index is 0.0640. The topological polar surface area (TPSA) is 71.3 Å². The average molecular weight is 403 g/mol. The molecule has 29 heavy (non-hydrogen) atoms. The largest absolute Gasteiger partial charge is 0.491 e. The summed E-state index contributed by atoms with van der Waals surface area (Å²) in [5.74, 6) is 1.06. The van der Waals surface area contributed by atoms with Gasteiger partial charge >= 0.3 is 0 Å². The zero-order valence-electron chi connectivity index (χ0n) is 19.2. The number of carbonyl (C=O) groups excluding carboxylic acids is 1. The highest BCUT2D eigenvalue weighted by molar-refractivity contribution is 5.98. The third-order valence-corrected chi connectivity index (χ3v) is 4.74. The normalized spacial score (nSPS) is 12.7. The lowest BCUT2D eigenvalue weighted by molar-refractivity contribution is -0.147. The molecule has 1 unspecified atom stereocenters. The molecule has 1 aromatic carbocycles. The first kappa shape index (κ1) is 25.0. The van der Waals surface area contributed by atoms with Gasteiger partial charge in [0.05, 0.1) is 17.4 Å². The summed E-state index contributed by atoms with van der Waals surface area (Å²) < 4.78 is 12.0. The van der Waals surface area contributed by atoms with Crippen molar-refractivity contribution in [2.45, 2.75) is 85.9 Å². The van der Waals surface area contributed by atoms with Crippen molar-refractivity contribution in [3.05, 3.63) is 23.8 Å². The third kappa shape index (κ3) is 7.70.